The Morgan fingerprint density at radius 1 is 0.491 bits per heavy atom. The number of aryl methyl sites for hydroxylation is 1. The maximum Gasteiger partial charge on any atom is 0.416 e. The standard InChI is InChI=1S/C47H29F3N4O/c1-28-19-22-39-36(25-28)37-27-32(47(48,49)50)21-24-40(37)54(39)41-23-20-31(33-16-10-17-35-34-15-8-9-18-42(34)55-43(33)35)26-38(41)46-52-44(29-11-4-2-5-12-29)51-45(53-46)30-13-6-3-7-14-30/h2-27H,1H3. The molecule has 264 valence electrons. The van der Waals surface area contributed by atoms with E-state index < -0.39 is 11.7 Å². The van der Waals surface area contributed by atoms with Gasteiger partial charge >= 0.3 is 6.18 Å². The highest BCUT2D eigenvalue weighted by atomic mass is 19.4. The lowest BCUT2D eigenvalue weighted by Gasteiger charge is -2.16. The third-order valence-corrected chi connectivity index (χ3v) is 10.1. The van der Waals surface area contributed by atoms with Gasteiger partial charge in [-0.15, -0.1) is 0 Å². The Kier molecular flexibility index (Phi) is 7.42. The molecular formula is C47H29F3N4O. The molecule has 0 saturated carbocycles. The monoisotopic (exact) mass is 722 g/mol. The van der Waals surface area contributed by atoms with Crippen molar-refractivity contribution in [2.24, 2.45) is 0 Å². The fraction of sp³-hybridized carbons (Fsp3) is 0.0426. The second kappa shape index (κ2) is 12.5. The Labute approximate surface area is 313 Å². The van der Waals surface area contributed by atoms with Crippen molar-refractivity contribution in [2.45, 2.75) is 13.1 Å². The van der Waals surface area contributed by atoms with E-state index in [0.717, 1.165) is 61.3 Å². The SMILES string of the molecule is Cc1ccc2c(c1)c1cc(C(F)(F)F)ccc1n2-c1ccc(-c2cccc3c2oc2ccccc23)cc1-c1nc(-c2ccccc2)nc(-c2ccccc2)n1. The molecule has 0 spiro atoms. The minimum absolute atomic E-state index is 0.412. The molecule has 10 rings (SSSR count). The Balaban J connectivity index is 1.30. The average molecular weight is 723 g/mol. The summed E-state index contributed by atoms with van der Waals surface area (Å²) in [6, 6.07) is 49.4. The second-order valence-electron chi connectivity index (χ2n) is 13.6. The molecule has 0 aliphatic heterocycles. The summed E-state index contributed by atoms with van der Waals surface area (Å²) in [5, 5.41) is 3.23. The quantitative estimate of drug-likeness (QED) is 0.177. The van der Waals surface area contributed by atoms with Crippen LogP contribution in [0, 0.1) is 6.92 Å². The van der Waals surface area contributed by atoms with Gasteiger partial charge in [0.1, 0.15) is 11.2 Å². The van der Waals surface area contributed by atoms with Crippen LogP contribution in [0.25, 0.3) is 94.7 Å². The van der Waals surface area contributed by atoms with Gasteiger partial charge in [-0.2, -0.15) is 13.2 Å². The number of benzene rings is 7. The predicted octanol–water partition coefficient (Wildman–Crippen LogP) is 12.9. The molecule has 0 radical (unpaired) electrons. The van der Waals surface area contributed by atoms with Crippen LogP contribution in [-0.4, -0.2) is 19.5 Å². The number of para-hydroxylation sites is 2. The number of alkyl halides is 3. The zero-order chi connectivity index (χ0) is 37.3. The largest absolute Gasteiger partial charge is 0.455 e. The summed E-state index contributed by atoms with van der Waals surface area (Å²) in [4.78, 5) is 15.2. The zero-order valence-electron chi connectivity index (χ0n) is 29.3. The molecular weight excluding hydrogens is 694 g/mol. The van der Waals surface area contributed by atoms with Crippen molar-refractivity contribution in [1.29, 1.82) is 0 Å². The molecule has 55 heavy (non-hydrogen) atoms. The summed E-state index contributed by atoms with van der Waals surface area (Å²) in [6.45, 7) is 1.94. The molecule has 0 atom stereocenters. The Morgan fingerprint density at radius 3 is 1.82 bits per heavy atom. The number of hydrogen-bond acceptors (Lipinski definition) is 4. The number of aromatic nitrogens is 4. The van der Waals surface area contributed by atoms with E-state index in [-0.39, 0.29) is 0 Å². The molecule has 0 amide bonds. The minimum atomic E-state index is -4.50. The van der Waals surface area contributed by atoms with Gasteiger partial charge in [-0.1, -0.05) is 115 Å². The predicted molar refractivity (Wildman–Crippen MR) is 213 cm³/mol. The van der Waals surface area contributed by atoms with Gasteiger partial charge in [-0.3, -0.25) is 0 Å². The van der Waals surface area contributed by atoms with E-state index >= 15 is 0 Å². The van der Waals surface area contributed by atoms with Gasteiger partial charge in [0.15, 0.2) is 17.5 Å². The molecule has 3 heterocycles. The summed E-state index contributed by atoms with van der Waals surface area (Å²) >= 11 is 0. The molecule has 3 aromatic heterocycles. The molecule has 0 saturated heterocycles. The average Bonchev–Trinajstić information content (AvgIpc) is 3.76. The number of nitrogens with zero attached hydrogens (tertiary/aromatic N) is 4. The van der Waals surface area contributed by atoms with Gasteiger partial charge < -0.3 is 8.98 Å². The molecule has 0 N–H and O–H groups in total. The first-order valence-corrected chi connectivity index (χ1v) is 17.8. The third-order valence-electron chi connectivity index (χ3n) is 10.1. The zero-order valence-corrected chi connectivity index (χ0v) is 29.3. The van der Waals surface area contributed by atoms with Gasteiger partial charge in [0.05, 0.1) is 22.3 Å². The molecule has 0 aliphatic rings. The Morgan fingerprint density at radius 2 is 1.11 bits per heavy atom. The molecule has 0 aliphatic carbocycles. The number of rotatable bonds is 5. The van der Waals surface area contributed by atoms with E-state index in [9.17, 15) is 13.2 Å². The second-order valence-corrected chi connectivity index (χ2v) is 13.6. The van der Waals surface area contributed by atoms with Crippen molar-refractivity contribution in [2.75, 3.05) is 0 Å². The Hall–Kier alpha value is -7.06. The number of furan rings is 1. The van der Waals surface area contributed by atoms with Crippen LogP contribution in [0.2, 0.25) is 0 Å². The normalized spacial score (nSPS) is 12.0. The molecule has 7 aromatic carbocycles. The molecule has 0 unspecified atom stereocenters. The molecule has 10 aromatic rings. The van der Waals surface area contributed by atoms with Crippen LogP contribution in [0.15, 0.2) is 162 Å². The third kappa shape index (κ3) is 5.53. The van der Waals surface area contributed by atoms with Gasteiger partial charge in [-0.25, -0.2) is 15.0 Å². The lowest BCUT2D eigenvalue weighted by Crippen LogP contribution is -2.05. The van der Waals surface area contributed by atoms with Crippen LogP contribution in [-0.2, 0) is 6.18 Å². The highest BCUT2D eigenvalue weighted by molar-refractivity contribution is 6.11. The van der Waals surface area contributed by atoms with E-state index in [4.69, 9.17) is 19.4 Å². The van der Waals surface area contributed by atoms with Gasteiger partial charge in [0.2, 0.25) is 0 Å². The molecule has 0 fully saturated rings. The van der Waals surface area contributed by atoms with Crippen LogP contribution in [0.4, 0.5) is 13.2 Å². The number of halogens is 3. The van der Waals surface area contributed by atoms with Gasteiger partial charge in [0.25, 0.3) is 0 Å². The summed E-state index contributed by atoms with van der Waals surface area (Å²) < 4.78 is 50.8. The highest BCUT2D eigenvalue weighted by Gasteiger charge is 2.31. The summed E-state index contributed by atoms with van der Waals surface area (Å²) in [5.41, 5.74) is 7.92. The lowest BCUT2D eigenvalue weighted by atomic mass is 9.98. The van der Waals surface area contributed by atoms with Crippen molar-refractivity contribution in [3.8, 4) is 51.0 Å². The number of fused-ring (bicyclic) bond motifs is 6. The van der Waals surface area contributed by atoms with Crippen LogP contribution in [0.3, 0.4) is 0 Å². The highest BCUT2D eigenvalue weighted by Crippen LogP contribution is 2.42. The van der Waals surface area contributed by atoms with Gasteiger partial charge in [-0.05, 0) is 61.0 Å². The summed E-state index contributed by atoms with van der Waals surface area (Å²) in [5.74, 6) is 1.40. The summed E-state index contributed by atoms with van der Waals surface area (Å²) in [7, 11) is 0. The maximum absolute atomic E-state index is 14.1. The first-order valence-electron chi connectivity index (χ1n) is 17.8. The number of hydrogen-bond donors (Lipinski definition) is 0. The van der Waals surface area contributed by atoms with Crippen LogP contribution < -0.4 is 0 Å². The fourth-order valence-corrected chi connectivity index (χ4v) is 7.55. The smallest absolute Gasteiger partial charge is 0.416 e. The fourth-order valence-electron chi connectivity index (χ4n) is 7.55. The summed E-state index contributed by atoms with van der Waals surface area (Å²) in [6.07, 6.45) is -4.50. The first kappa shape index (κ1) is 32.6. The topological polar surface area (TPSA) is 56.7 Å². The van der Waals surface area contributed by atoms with Crippen LogP contribution in [0.1, 0.15) is 11.1 Å². The van der Waals surface area contributed by atoms with E-state index in [0.29, 0.717) is 45.0 Å². The van der Waals surface area contributed by atoms with Crippen molar-refractivity contribution in [3.05, 3.63) is 169 Å². The van der Waals surface area contributed by atoms with Gasteiger partial charge in [0, 0.05) is 43.8 Å². The Bertz CT molecular complexity index is 3040. The molecule has 8 heteroatoms. The van der Waals surface area contributed by atoms with E-state index in [2.05, 4.69) is 12.1 Å². The maximum atomic E-state index is 14.1. The molecule has 0 bridgehead atoms. The van der Waals surface area contributed by atoms with Crippen LogP contribution >= 0.6 is 0 Å². The minimum Gasteiger partial charge on any atom is -0.455 e. The van der Waals surface area contributed by atoms with Crippen LogP contribution in [0.5, 0.6) is 0 Å². The van der Waals surface area contributed by atoms with E-state index in [1.165, 1.54) is 6.07 Å². The van der Waals surface area contributed by atoms with Crippen molar-refractivity contribution >= 4 is 43.7 Å². The van der Waals surface area contributed by atoms with E-state index in [1.54, 1.807) is 6.07 Å². The van der Waals surface area contributed by atoms with Crippen molar-refractivity contribution < 1.29 is 17.6 Å². The lowest BCUT2D eigenvalue weighted by molar-refractivity contribution is -0.137. The van der Waals surface area contributed by atoms with Crippen molar-refractivity contribution in [1.82, 2.24) is 19.5 Å². The van der Waals surface area contributed by atoms with Crippen molar-refractivity contribution in [3.63, 3.8) is 0 Å². The van der Waals surface area contributed by atoms with E-state index in [1.807, 2.05) is 139 Å². The molecule has 5 nitrogen and oxygen atoms in total. The first-order chi connectivity index (χ1) is 26.8.